The van der Waals surface area contributed by atoms with Gasteiger partial charge in [0.1, 0.15) is 17.3 Å². The van der Waals surface area contributed by atoms with Gasteiger partial charge in [0.2, 0.25) is 10.0 Å². The second-order valence-corrected chi connectivity index (χ2v) is 6.83. The first-order valence-corrected chi connectivity index (χ1v) is 8.20. The fourth-order valence-electron chi connectivity index (χ4n) is 1.96. The van der Waals surface area contributed by atoms with Crippen LogP contribution in [0.1, 0.15) is 24.1 Å². The van der Waals surface area contributed by atoms with E-state index in [4.69, 9.17) is 5.11 Å². The Bertz CT molecular complexity index is 832. The molecule has 0 saturated carbocycles. The number of nitrogens with one attached hydrogen (secondary N) is 1. The summed E-state index contributed by atoms with van der Waals surface area (Å²) in [6.45, 7) is 2.77. The third kappa shape index (κ3) is 4.14. The summed E-state index contributed by atoms with van der Waals surface area (Å²) in [4.78, 5) is 10.4. The lowest BCUT2D eigenvalue weighted by Gasteiger charge is -2.14. The number of hydrogen-bond donors (Lipinski definition) is 2. The van der Waals surface area contributed by atoms with E-state index in [1.165, 1.54) is 6.07 Å². The zero-order valence-corrected chi connectivity index (χ0v) is 13.3. The Kier molecular flexibility index (Phi) is 4.81. The number of carboxylic acids is 1. The highest BCUT2D eigenvalue weighted by Gasteiger charge is 2.21. The molecule has 0 fully saturated rings. The van der Waals surface area contributed by atoms with E-state index < -0.39 is 34.4 Å². The molecule has 124 valence electrons. The van der Waals surface area contributed by atoms with Crippen LogP contribution in [0.2, 0.25) is 0 Å². The number of hydrogen-bond acceptors (Lipinski definition) is 4. The number of benzene rings is 1. The fraction of sp³-hybridized carbons (Fsp3) is 0.286. The van der Waals surface area contributed by atoms with E-state index in [0.29, 0.717) is 11.1 Å². The first-order chi connectivity index (χ1) is 10.7. The van der Waals surface area contributed by atoms with Crippen molar-refractivity contribution < 1.29 is 22.7 Å². The van der Waals surface area contributed by atoms with Gasteiger partial charge in [-0.1, -0.05) is 12.1 Å². The molecule has 0 amide bonds. The fourth-order valence-corrected chi connectivity index (χ4v) is 3.14. The summed E-state index contributed by atoms with van der Waals surface area (Å²) in [7, 11) is -3.89. The lowest BCUT2D eigenvalue weighted by molar-refractivity contribution is -0.137. The summed E-state index contributed by atoms with van der Waals surface area (Å²) in [6.07, 6.45) is 2.19. The van der Waals surface area contributed by atoms with Gasteiger partial charge in [-0.2, -0.15) is 5.10 Å². The van der Waals surface area contributed by atoms with Crippen molar-refractivity contribution in [1.29, 1.82) is 0 Å². The summed E-state index contributed by atoms with van der Waals surface area (Å²) >= 11 is 0. The number of carboxylic acid groups (broad SMARTS) is 1. The number of aryl methyl sites for hydroxylation is 1. The molecule has 23 heavy (non-hydrogen) atoms. The minimum absolute atomic E-state index is 0.154. The Hall–Kier alpha value is -2.26. The third-order valence-corrected chi connectivity index (χ3v) is 4.74. The molecule has 2 aromatic rings. The molecule has 1 aromatic carbocycles. The van der Waals surface area contributed by atoms with Crippen LogP contribution in [0.25, 0.3) is 0 Å². The van der Waals surface area contributed by atoms with Crippen LogP contribution in [0.15, 0.2) is 35.5 Å². The molecule has 7 nitrogen and oxygen atoms in total. The summed E-state index contributed by atoms with van der Waals surface area (Å²) < 4.78 is 41.5. The first-order valence-electron chi connectivity index (χ1n) is 6.71. The van der Waals surface area contributed by atoms with E-state index in [1.807, 2.05) is 0 Å². The summed E-state index contributed by atoms with van der Waals surface area (Å²) in [5, 5.41) is 12.3. The average Bonchev–Trinajstić information content (AvgIpc) is 2.89. The topological polar surface area (TPSA) is 101 Å². The van der Waals surface area contributed by atoms with Gasteiger partial charge in [0.05, 0.1) is 6.20 Å². The van der Waals surface area contributed by atoms with E-state index in [1.54, 1.807) is 26.0 Å². The van der Waals surface area contributed by atoms with Crippen molar-refractivity contribution in [2.45, 2.75) is 31.3 Å². The Morgan fingerprint density at radius 3 is 2.78 bits per heavy atom. The number of halogens is 1. The van der Waals surface area contributed by atoms with Gasteiger partial charge in [-0.15, -0.1) is 0 Å². The van der Waals surface area contributed by atoms with Gasteiger partial charge in [-0.25, -0.2) is 17.5 Å². The Morgan fingerprint density at radius 2 is 2.17 bits per heavy atom. The standard InChI is InChI=1S/C14H16FN3O4S/c1-9-3-4-11(5-13(9)15)10(2)17-23(21,22)12-6-16-18(7-12)8-14(19)20/h3-7,10,17H,8H2,1-2H3,(H,19,20). The monoisotopic (exact) mass is 341 g/mol. The molecular formula is C14H16FN3O4S. The van der Waals surface area contributed by atoms with Crippen molar-refractivity contribution in [3.8, 4) is 0 Å². The Morgan fingerprint density at radius 1 is 1.48 bits per heavy atom. The van der Waals surface area contributed by atoms with E-state index >= 15 is 0 Å². The molecule has 0 bridgehead atoms. The van der Waals surface area contributed by atoms with Crippen molar-refractivity contribution in [2.75, 3.05) is 0 Å². The van der Waals surface area contributed by atoms with Gasteiger partial charge >= 0.3 is 5.97 Å². The van der Waals surface area contributed by atoms with Gasteiger partial charge in [0, 0.05) is 12.2 Å². The largest absolute Gasteiger partial charge is 0.480 e. The second kappa shape index (κ2) is 6.47. The smallest absolute Gasteiger partial charge is 0.325 e. The zero-order chi connectivity index (χ0) is 17.2. The number of nitrogens with zero attached hydrogens (tertiary/aromatic N) is 2. The zero-order valence-electron chi connectivity index (χ0n) is 12.5. The normalized spacial score (nSPS) is 13.0. The molecule has 0 spiro atoms. The van der Waals surface area contributed by atoms with Crippen LogP contribution in [0.4, 0.5) is 4.39 Å². The quantitative estimate of drug-likeness (QED) is 0.828. The predicted molar refractivity (Wildman–Crippen MR) is 79.7 cm³/mol. The second-order valence-electron chi connectivity index (χ2n) is 5.12. The van der Waals surface area contributed by atoms with Gasteiger partial charge in [0.15, 0.2) is 0 Å². The van der Waals surface area contributed by atoms with Crippen LogP contribution in [0.3, 0.4) is 0 Å². The first kappa shape index (κ1) is 17.1. The summed E-state index contributed by atoms with van der Waals surface area (Å²) in [6, 6.07) is 3.83. The number of rotatable bonds is 6. The van der Waals surface area contributed by atoms with Crippen LogP contribution >= 0.6 is 0 Å². The van der Waals surface area contributed by atoms with Crippen molar-refractivity contribution in [1.82, 2.24) is 14.5 Å². The summed E-state index contributed by atoms with van der Waals surface area (Å²) in [5.41, 5.74) is 0.952. The highest BCUT2D eigenvalue weighted by molar-refractivity contribution is 7.89. The lowest BCUT2D eigenvalue weighted by atomic mass is 10.1. The van der Waals surface area contributed by atoms with Gasteiger partial charge in [-0.05, 0) is 31.0 Å². The predicted octanol–water partition coefficient (Wildman–Crippen LogP) is 1.45. The molecule has 1 unspecified atom stereocenters. The number of sulfonamides is 1. The number of carbonyl (C=O) groups is 1. The lowest BCUT2D eigenvalue weighted by Crippen LogP contribution is -2.26. The maximum atomic E-state index is 13.6. The molecular weight excluding hydrogens is 325 g/mol. The molecule has 9 heteroatoms. The molecule has 1 atom stereocenters. The Labute approximate surface area is 132 Å². The van der Waals surface area contributed by atoms with Crippen LogP contribution in [-0.4, -0.2) is 29.3 Å². The molecule has 0 saturated heterocycles. The van der Waals surface area contributed by atoms with Crippen molar-refractivity contribution in [2.24, 2.45) is 0 Å². The highest BCUT2D eigenvalue weighted by atomic mass is 32.2. The maximum Gasteiger partial charge on any atom is 0.325 e. The molecule has 0 aliphatic rings. The molecule has 1 aromatic heterocycles. The van der Waals surface area contributed by atoms with Crippen LogP contribution in [0, 0.1) is 12.7 Å². The summed E-state index contributed by atoms with van der Waals surface area (Å²) in [5.74, 6) is -1.55. The van der Waals surface area contributed by atoms with Crippen molar-refractivity contribution in [3.05, 3.63) is 47.5 Å². The van der Waals surface area contributed by atoms with Crippen molar-refractivity contribution in [3.63, 3.8) is 0 Å². The van der Waals surface area contributed by atoms with E-state index in [9.17, 15) is 17.6 Å². The van der Waals surface area contributed by atoms with Crippen LogP contribution < -0.4 is 4.72 Å². The number of aromatic nitrogens is 2. The molecule has 0 aliphatic carbocycles. The van der Waals surface area contributed by atoms with E-state index in [-0.39, 0.29) is 4.90 Å². The average molecular weight is 341 g/mol. The maximum absolute atomic E-state index is 13.6. The minimum atomic E-state index is -3.89. The number of aliphatic carboxylic acids is 1. The molecule has 2 N–H and O–H groups in total. The third-order valence-electron chi connectivity index (χ3n) is 3.24. The van der Waals surface area contributed by atoms with Crippen LogP contribution in [-0.2, 0) is 21.4 Å². The Balaban J connectivity index is 2.18. The van der Waals surface area contributed by atoms with Gasteiger partial charge in [-0.3, -0.25) is 9.48 Å². The SMILES string of the molecule is Cc1ccc(C(C)NS(=O)(=O)c2cnn(CC(=O)O)c2)cc1F. The van der Waals surface area contributed by atoms with E-state index in [0.717, 1.165) is 17.1 Å². The molecule has 0 radical (unpaired) electrons. The van der Waals surface area contributed by atoms with E-state index in [2.05, 4.69) is 9.82 Å². The van der Waals surface area contributed by atoms with Crippen molar-refractivity contribution >= 4 is 16.0 Å². The highest BCUT2D eigenvalue weighted by Crippen LogP contribution is 2.19. The van der Waals surface area contributed by atoms with Gasteiger partial charge in [0.25, 0.3) is 0 Å². The molecule has 0 aliphatic heterocycles. The molecule has 2 rings (SSSR count). The minimum Gasteiger partial charge on any atom is -0.480 e. The molecule has 1 heterocycles. The van der Waals surface area contributed by atoms with Crippen LogP contribution in [0.5, 0.6) is 0 Å². The van der Waals surface area contributed by atoms with Gasteiger partial charge < -0.3 is 5.11 Å².